The Morgan fingerprint density at radius 3 is 1.93 bits per heavy atom. The lowest BCUT2D eigenvalue weighted by atomic mass is 10.1. The van der Waals surface area contributed by atoms with Crippen molar-refractivity contribution in [3.63, 3.8) is 0 Å². The van der Waals surface area contributed by atoms with Gasteiger partial charge in [-0.3, -0.25) is 9.59 Å². The molecule has 0 aliphatic heterocycles. The summed E-state index contributed by atoms with van der Waals surface area (Å²) in [6.45, 7) is 0. The van der Waals surface area contributed by atoms with Crippen molar-refractivity contribution >= 4 is 28.6 Å². The van der Waals surface area contributed by atoms with Crippen LogP contribution in [0.5, 0.6) is 0 Å². The second-order valence-electron chi connectivity index (χ2n) is 2.67. The van der Waals surface area contributed by atoms with Crippen LogP contribution in [0.1, 0.15) is 20.7 Å². The first kappa shape index (κ1) is 11.4. The molecule has 0 amide bonds. The Morgan fingerprint density at radius 2 is 1.53 bits per heavy atom. The minimum atomic E-state index is -1.05. The van der Waals surface area contributed by atoms with E-state index in [-0.39, 0.29) is 5.56 Å². The summed E-state index contributed by atoms with van der Waals surface area (Å²) in [6, 6.07) is 5.46. The van der Waals surface area contributed by atoms with Crippen LogP contribution in [0.25, 0.3) is 0 Å². The summed E-state index contributed by atoms with van der Waals surface area (Å²) in [5.41, 5.74) is 0.443. The SMILES string of the molecule is COC(=O)c1ccc(C(=O)C(=O)Cl)cc1. The zero-order valence-electron chi connectivity index (χ0n) is 7.82. The molecule has 0 fully saturated rings. The van der Waals surface area contributed by atoms with Crippen LogP contribution in [-0.2, 0) is 9.53 Å². The Hall–Kier alpha value is -1.68. The molecule has 0 aliphatic rings. The number of hydrogen-bond donors (Lipinski definition) is 0. The van der Waals surface area contributed by atoms with Gasteiger partial charge in [-0.2, -0.15) is 0 Å². The fourth-order valence-corrected chi connectivity index (χ4v) is 1.10. The van der Waals surface area contributed by atoms with Gasteiger partial charge in [0.05, 0.1) is 12.7 Å². The molecule has 1 rings (SSSR count). The molecule has 1 aromatic carbocycles. The van der Waals surface area contributed by atoms with Gasteiger partial charge in [0.25, 0.3) is 5.24 Å². The van der Waals surface area contributed by atoms with Crippen molar-refractivity contribution in [2.45, 2.75) is 0 Å². The van der Waals surface area contributed by atoms with Gasteiger partial charge >= 0.3 is 5.97 Å². The fraction of sp³-hybridized carbons (Fsp3) is 0.100. The molecular formula is C10H7ClO4. The summed E-state index contributed by atoms with van der Waals surface area (Å²) < 4.78 is 4.47. The van der Waals surface area contributed by atoms with E-state index in [2.05, 4.69) is 4.74 Å². The van der Waals surface area contributed by atoms with E-state index >= 15 is 0 Å². The van der Waals surface area contributed by atoms with Crippen molar-refractivity contribution in [3.8, 4) is 0 Å². The Labute approximate surface area is 90.8 Å². The molecule has 0 saturated heterocycles. The first-order valence-electron chi connectivity index (χ1n) is 3.99. The van der Waals surface area contributed by atoms with Gasteiger partial charge < -0.3 is 4.74 Å². The van der Waals surface area contributed by atoms with Crippen LogP contribution in [0, 0.1) is 0 Å². The summed E-state index contributed by atoms with van der Waals surface area (Å²) in [5, 5.41) is -1.05. The van der Waals surface area contributed by atoms with Gasteiger partial charge in [0.1, 0.15) is 0 Å². The van der Waals surface area contributed by atoms with Crippen LogP contribution in [0.4, 0.5) is 0 Å². The second kappa shape index (κ2) is 4.70. The molecule has 0 bridgehead atoms. The average Bonchev–Trinajstić information content (AvgIpc) is 2.27. The number of Topliss-reactive ketones (excluding diaryl/α,β-unsaturated/α-hetero) is 1. The highest BCUT2D eigenvalue weighted by atomic mass is 35.5. The third-order valence-electron chi connectivity index (χ3n) is 1.75. The van der Waals surface area contributed by atoms with Gasteiger partial charge in [-0.15, -0.1) is 0 Å². The standard InChI is InChI=1S/C10H7ClO4/c1-15-10(14)7-4-2-6(3-5-7)8(12)9(11)13/h2-5H,1H3. The zero-order valence-corrected chi connectivity index (χ0v) is 8.58. The summed E-state index contributed by atoms with van der Waals surface area (Å²) in [6.07, 6.45) is 0. The molecule has 1 aromatic rings. The first-order chi connectivity index (χ1) is 7.06. The zero-order chi connectivity index (χ0) is 11.4. The summed E-state index contributed by atoms with van der Waals surface area (Å²) >= 11 is 5.01. The molecule has 0 unspecified atom stereocenters. The Morgan fingerprint density at radius 1 is 1.07 bits per heavy atom. The number of carbonyl (C=O) groups excluding carboxylic acids is 3. The molecule has 78 valence electrons. The number of hydrogen-bond acceptors (Lipinski definition) is 4. The summed E-state index contributed by atoms with van der Waals surface area (Å²) in [7, 11) is 1.25. The van der Waals surface area contributed by atoms with Crippen LogP contribution in [-0.4, -0.2) is 24.1 Å². The van der Waals surface area contributed by atoms with Gasteiger partial charge in [-0.25, -0.2) is 4.79 Å². The Kier molecular flexibility index (Phi) is 3.57. The molecule has 0 atom stereocenters. The van der Waals surface area contributed by atoms with Crippen molar-refractivity contribution in [3.05, 3.63) is 35.4 Å². The molecule has 4 nitrogen and oxygen atoms in total. The van der Waals surface area contributed by atoms with Gasteiger partial charge in [-0.05, 0) is 23.7 Å². The Bertz CT molecular complexity index is 408. The van der Waals surface area contributed by atoms with E-state index in [4.69, 9.17) is 11.6 Å². The number of carbonyl (C=O) groups is 3. The molecule has 15 heavy (non-hydrogen) atoms. The van der Waals surface area contributed by atoms with E-state index in [1.54, 1.807) is 0 Å². The first-order valence-corrected chi connectivity index (χ1v) is 4.36. The van der Waals surface area contributed by atoms with Crippen molar-refractivity contribution in [2.24, 2.45) is 0 Å². The summed E-state index contributed by atoms with van der Waals surface area (Å²) in [5.74, 6) is -1.31. The highest BCUT2D eigenvalue weighted by Crippen LogP contribution is 2.07. The maximum Gasteiger partial charge on any atom is 0.337 e. The number of ketones is 1. The largest absolute Gasteiger partial charge is 0.465 e. The van der Waals surface area contributed by atoms with Crippen LogP contribution in [0.2, 0.25) is 0 Å². The van der Waals surface area contributed by atoms with Gasteiger partial charge in [-0.1, -0.05) is 12.1 Å². The third-order valence-corrected chi connectivity index (χ3v) is 1.92. The minimum absolute atomic E-state index is 0.141. The lowest BCUT2D eigenvalue weighted by molar-refractivity contribution is -0.108. The number of methoxy groups -OCH3 is 1. The van der Waals surface area contributed by atoms with Crippen molar-refractivity contribution in [1.29, 1.82) is 0 Å². The number of rotatable bonds is 3. The molecule has 0 aromatic heterocycles. The number of halogens is 1. The third kappa shape index (κ3) is 2.63. The smallest absolute Gasteiger partial charge is 0.337 e. The van der Waals surface area contributed by atoms with Crippen molar-refractivity contribution < 1.29 is 19.1 Å². The predicted octanol–water partition coefficient (Wildman–Crippen LogP) is 1.42. The number of esters is 1. The number of ether oxygens (including phenoxy) is 1. The molecule has 0 N–H and O–H groups in total. The lowest BCUT2D eigenvalue weighted by Crippen LogP contribution is -2.08. The maximum absolute atomic E-state index is 11.1. The molecule has 0 spiro atoms. The maximum atomic E-state index is 11.1. The molecule has 0 radical (unpaired) electrons. The molecular weight excluding hydrogens is 220 g/mol. The predicted molar refractivity (Wildman–Crippen MR) is 53.0 cm³/mol. The number of benzene rings is 1. The normalized spacial score (nSPS) is 9.47. The van der Waals surface area contributed by atoms with Crippen LogP contribution in [0.15, 0.2) is 24.3 Å². The van der Waals surface area contributed by atoms with E-state index in [1.807, 2.05) is 0 Å². The molecule has 0 aliphatic carbocycles. The Balaban J connectivity index is 2.95. The molecule has 0 saturated carbocycles. The summed E-state index contributed by atoms with van der Waals surface area (Å²) in [4.78, 5) is 32.7. The van der Waals surface area contributed by atoms with Crippen LogP contribution >= 0.6 is 11.6 Å². The van der Waals surface area contributed by atoms with Crippen molar-refractivity contribution in [1.82, 2.24) is 0 Å². The molecule has 0 heterocycles. The highest BCUT2D eigenvalue weighted by molar-refractivity contribution is 6.83. The second-order valence-corrected chi connectivity index (χ2v) is 3.02. The van der Waals surface area contributed by atoms with Crippen LogP contribution in [0.3, 0.4) is 0 Å². The van der Waals surface area contributed by atoms with Crippen LogP contribution < -0.4 is 0 Å². The fourth-order valence-electron chi connectivity index (χ4n) is 0.989. The lowest BCUT2D eigenvalue weighted by Gasteiger charge is -1.99. The monoisotopic (exact) mass is 226 g/mol. The van der Waals surface area contributed by atoms with Gasteiger partial charge in [0.15, 0.2) is 0 Å². The minimum Gasteiger partial charge on any atom is -0.465 e. The van der Waals surface area contributed by atoms with E-state index in [0.717, 1.165) is 0 Å². The van der Waals surface area contributed by atoms with E-state index in [0.29, 0.717) is 5.56 Å². The van der Waals surface area contributed by atoms with E-state index < -0.39 is 17.0 Å². The van der Waals surface area contributed by atoms with E-state index in [1.165, 1.54) is 31.4 Å². The average molecular weight is 227 g/mol. The topological polar surface area (TPSA) is 60.4 Å². The van der Waals surface area contributed by atoms with Gasteiger partial charge in [0.2, 0.25) is 5.78 Å². The van der Waals surface area contributed by atoms with Crippen molar-refractivity contribution in [2.75, 3.05) is 7.11 Å². The molecule has 5 heteroatoms. The quantitative estimate of drug-likeness (QED) is 0.339. The van der Waals surface area contributed by atoms with Gasteiger partial charge in [0, 0.05) is 5.56 Å². The highest BCUT2D eigenvalue weighted by Gasteiger charge is 2.13. The van der Waals surface area contributed by atoms with E-state index in [9.17, 15) is 14.4 Å².